The highest BCUT2D eigenvalue weighted by molar-refractivity contribution is 6.08. The van der Waals surface area contributed by atoms with Crippen LogP contribution >= 0.6 is 0 Å². The van der Waals surface area contributed by atoms with Gasteiger partial charge in [-0.25, -0.2) is 9.79 Å². The quantitative estimate of drug-likeness (QED) is 0.602. The lowest BCUT2D eigenvalue weighted by molar-refractivity contribution is -0.140. The molecule has 3 heteroatoms. The Morgan fingerprint density at radius 3 is 2.61 bits per heavy atom. The van der Waals surface area contributed by atoms with E-state index in [0.29, 0.717) is 12.3 Å². The van der Waals surface area contributed by atoms with Gasteiger partial charge in [0.15, 0.2) is 5.54 Å². The van der Waals surface area contributed by atoms with Crippen LogP contribution in [0, 0.1) is 5.92 Å². The van der Waals surface area contributed by atoms with Crippen molar-refractivity contribution in [3.63, 3.8) is 0 Å². The van der Waals surface area contributed by atoms with E-state index in [0.717, 1.165) is 5.56 Å². The van der Waals surface area contributed by atoms with E-state index in [1.807, 2.05) is 44.2 Å². The topological polar surface area (TPSA) is 38.7 Å². The molecule has 1 aliphatic heterocycles. The van der Waals surface area contributed by atoms with E-state index >= 15 is 0 Å². The number of hydrogen-bond donors (Lipinski definition) is 0. The smallest absolute Gasteiger partial charge is 0.341 e. The fourth-order valence-electron chi connectivity index (χ4n) is 2.08. The van der Waals surface area contributed by atoms with E-state index in [9.17, 15) is 4.79 Å². The van der Waals surface area contributed by atoms with Crippen LogP contribution in [-0.2, 0) is 9.53 Å². The number of benzene rings is 1. The average Bonchev–Trinajstić information content (AvgIpc) is 2.70. The third-order valence-electron chi connectivity index (χ3n) is 3.28. The molecule has 0 spiro atoms. The van der Waals surface area contributed by atoms with E-state index < -0.39 is 5.54 Å². The highest BCUT2D eigenvalue weighted by Crippen LogP contribution is 2.33. The standard InChI is InChI=1S/C15H17NO2/c1-4-10-15(11(2)3)14(17)18-13(16-15)12-8-6-5-7-9-12/h4-9,11H,1,10H2,2-3H3. The second kappa shape index (κ2) is 4.77. The zero-order valence-corrected chi connectivity index (χ0v) is 10.7. The number of esters is 1. The van der Waals surface area contributed by atoms with Crippen molar-refractivity contribution in [1.82, 2.24) is 0 Å². The van der Waals surface area contributed by atoms with Crippen molar-refractivity contribution in [2.24, 2.45) is 10.9 Å². The van der Waals surface area contributed by atoms with Crippen LogP contribution in [0.3, 0.4) is 0 Å². The summed E-state index contributed by atoms with van der Waals surface area (Å²) in [6.07, 6.45) is 2.22. The molecule has 1 aliphatic rings. The molecule has 0 aliphatic carbocycles. The molecular formula is C15H17NO2. The largest absolute Gasteiger partial charge is 0.405 e. The van der Waals surface area contributed by atoms with Crippen molar-refractivity contribution < 1.29 is 9.53 Å². The molecule has 1 atom stereocenters. The van der Waals surface area contributed by atoms with Gasteiger partial charge in [0.05, 0.1) is 0 Å². The molecule has 0 amide bonds. The summed E-state index contributed by atoms with van der Waals surface area (Å²) < 4.78 is 5.34. The average molecular weight is 243 g/mol. The van der Waals surface area contributed by atoms with Crippen molar-refractivity contribution in [3.05, 3.63) is 48.6 Å². The van der Waals surface area contributed by atoms with Gasteiger partial charge >= 0.3 is 5.97 Å². The number of rotatable bonds is 4. The Bertz CT molecular complexity index is 490. The van der Waals surface area contributed by atoms with Crippen molar-refractivity contribution in [3.8, 4) is 0 Å². The number of aliphatic imine (C=N–C) groups is 1. The Hall–Kier alpha value is -1.90. The minimum Gasteiger partial charge on any atom is -0.405 e. The van der Waals surface area contributed by atoms with Gasteiger partial charge in [0.2, 0.25) is 5.90 Å². The van der Waals surface area contributed by atoms with Gasteiger partial charge in [-0.1, -0.05) is 38.1 Å². The first-order chi connectivity index (χ1) is 8.60. The summed E-state index contributed by atoms with van der Waals surface area (Å²) in [6.45, 7) is 7.66. The van der Waals surface area contributed by atoms with Crippen molar-refractivity contribution in [2.45, 2.75) is 25.8 Å². The third kappa shape index (κ3) is 1.96. The van der Waals surface area contributed by atoms with Crippen LogP contribution in [-0.4, -0.2) is 17.4 Å². The van der Waals surface area contributed by atoms with Crippen LogP contribution < -0.4 is 0 Å². The molecule has 18 heavy (non-hydrogen) atoms. The summed E-state index contributed by atoms with van der Waals surface area (Å²) in [5.41, 5.74) is 0.0184. The van der Waals surface area contributed by atoms with Gasteiger partial charge in [0, 0.05) is 12.0 Å². The molecule has 0 fully saturated rings. The van der Waals surface area contributed by atoms with E-state index in [4.69, 9.17) is 4.74 Å². The van der Waals surface area contributed by atoms with Crippen LogP contribution in [0.5, 0.6) is 0 Å². The number of cyclic esters (lactones) is 1. The van der Waals surface area contributed by atoms with Gasteiger partial charge in [-0.2, -0.15) is 0 Å². The summed E-state index contributed by atoms with van der Waals surface area (Å²) in [7, 11) is 0. The molecule has 1 heterocycles. The molecule has 2 rings (SSSR count). The van der Waals surface area contributed by atoms with Gasteiger partial charge in [-0.05, 0) is 18.1 Å². The highest BCUT2D eigenvalue weighted by atomic mass is 16.6. The summed E-state index contributed by atoms with van der Waals surface area (Å²) in [4.78, 5) is 16.7. The molecule has 3 nitrogen and oxygen atoms in total. The molecule has 1 aromatic rings. The molecule has 0 aromatic heterocycles. The molecule has 0 N–H and O–H groups in total. The Kier molecular flexibility index (Phi) is 3.32. The first kappa shape index (κ1) is 12.6. The van der Waals surface area contributed by atoms with E-state index in [2.05, 4.69) is 11.6 Å². The molecule has 94 valence electrons. The molecule has 1 unspecified atom stereocenters. The van der Waals surface area contributed by atoms with E-state index in [-0.39, 0.29) is 11.9 Å². The van der Waals surface area contributed by atoms with Gasteiger partial charge in [0.25, 0.3) is 0 Å². The SMILES string of the molecule is C=CCC1(C(C)C)N=C(c2ccccc2)OC1=O. The lowest BCUT2D eigenvalue weighted by Gasteiger charge is -2.24. The number of hydrogen-bond acceptors (Lipinski definition) is 3. The molecule has 0 saturated heterocycles. The van der Waals surface area contributed by atoms with Crippen LogP contribution in [0.4, 0.5) is 0 Å². The Labute approximate surface area is 107 Å². The maximum absolute atomic E-state index is 12.1. The zero-order chi connectivity index (χ0) is 13.2. The van der Waals surface area contributed by atoms with Crippen LogP contribution in [0.25, 0.3) is 0 Å². The van der Waals surface area contributed by atoms with Crippen LogP contribution in [0.2, 0.25) is 0 Å². The van der Waals surface area contributed by atoms with E-state index in [1.165, 1.54) is 0 Å². The molecule has 1 aromatic carbocycles. The van der Waals surface area contributed by atoms with Crippen molar-refractivity contribution in [2.75, 3.05) is 0 Å². The zero-order valence-electron chi connectivity index (χ0n) is 10.7. The van der Waals surface area contributed by atoms with Crippen LogP contribution in [0.1, 0.15) is 25.8 Å². The lowest BCUT2D eigenvalue weighted by Crippen LogP contribution is -2.38. The summed E-state index contributed by atoms with van der Waals surface area (Å²) >= 11 is 0. The first-order valence-corrected chi connectivity index (χ1v) is 6.08. The molecule has 0 radical (unpaired) electrons. The number of carbonyl (C=O) groups is 1. The maximum Gasteiger partial charge on any atom is 0.341 e. The maximum atomic E-state index is 12.1. The first-order valence-electron chi connectivity index (χ1n) is 6.08. The van der Waals surface area contributed by atoms with Gasteiger partial charge < -0.3 is 4.74 Å². The lowest BCUT2D eigenvalue weighted by atomic mass is 9.84. The number of ether oxygens (including phenoxy) is 1. The summed E-state index contributed by atoms with van der Waals surface area (Å²) in [5.74, 6) is 0.205. The van der Waals surface area contributed by atoms with Crippen LogP contribution in [0.15, 0.2) is 48.0 Å². The van der Waals surface area contributed by atoms with Crippen molar-refractivity contribution in [1.29, 1.82) is 0 Å². The second-order valence-corrected chi connectivity index (χ2v) is 4.74. The van der Waals surface area contributed by atoms with Gasteiger partial charge in [-0.15, -0.1) is 6.58 Å². The monoisotopic (exact) mass is 243 g/mol. The van der Waals surface area contributed by atoms with Gasteiger partial charge in [0.1, 0.15) is 0 Å². The minimum atomic E-state index is -0.813. The summed E-state index contributed by atoms with van der Waals surface area (Å²) in [6, 6.07) is 9.48. The fraction of sp³-hybridized carbons (Fsp3) is 0.333. The number of carbonyl (C=O) groups excluding carboxylic acids is 1. The number of nitrogens with zero attached hydrogens (tertiary/aromatic N) is 1. The van der Waals surface area contributed by atoms with Gasteiger partial charge in [-0.3, -0.25) is 0 Å². The predicted octanol–water partition coefficient (Wildman–Crippen LogP) is 2.96. The predicted molar refractivity (Wildman–Crippen MR) is 71.5 cm³/mol. The Morgan fingerprint density at radius 2 is 2.06 bits per heavy atom. The molecular weight excluding hydrogens is 226 g/mol. The fourth-order valence-corrected chi connectivity index (χ4v) is 2.08. The minimum absolute atomic E-state index is 0.0733. The Morgan fingerprint density at radius 1 is 1.39 bits per heavy atom. The molecule has 0 bridgehead atoms. The third-order valence-corrected chi connectivity index (χ3v) is 3.28. The Balaban J connectivity index is 2.42. The van der Waals surface area contributed by atoms with E-state index in [1.54, 1.807) is 6.08 Å². The molecule has 0 saturated carbocycles. The normalized spacial score (nSPS) is 22.8. The summed E-state index contributed by atoms with van der Waals surface area (Å²) in [5, 5.41) is 0. The van der Waals surface area contributed by atoms with Crippen molar-refractivity contribution >= 4 is 11.9 Å². The second-order valence-electron chi connectivity index (χ2n) is 4.74. The highest BCUT2D eigenvalue weighted by Gasteiger charge is 2.47.